The molecule has 2 saturated carbocycles. The van der Waals surface area contributed by atoms with Crippen molar-refractivity contribution in [2.45, 2.75) is 122 Å². The Hall–Kier alpha value is -6.15. The third kappa shape index (κ3) is 9.87. The molecule has 3 fully saturated rings. The zero-order valence-corrected chi connectivity index (χ0v) is 42.0. The van der Waals surface area contributed by atoms with E-state index < -0.39 is 125 Å². The minimum absolute atomic E-state index is 0.00636. The summed E-state index contributed by atoms with van der Waals surface area (Å²) in [5, 5.41) is 19.5. The fraction of sp³-hybridized carbons (Fsp3) is 0.491. The molecule has 1 heterocycles. The van der Waals surface area contributed by atoms with Crippen molar-refractivity contribution in [1.29, 1.82) is 0 Å². The summed E-state index contributed by atoms with van der Waals surface area (Å²) in [6.45, 7) is 10.2. The summed E-state index contributed by atoms with van der Waals surface area (Å²) in [5.74, 6) is -7.36. The number of rotatable bonds is 16. The van der Waals surface area contributed by atoms with Crippen LogP contribution in [-0.4, -0.2) is 120 Å². The van der Waals surface area contributed by atoms with Gasteiger partial charge in [-0.05, 0) is 73.9 Å². The molecule has 2 amide bonds. The number of alkyl carbamates (subject to hydrolysis) is 1. The van der Waals surface area contributed by atoms with Crippen LogP contribution in [0, 0.1) is 22.6 Å². The lowest BCUT2D eigenvalue weighted by Crippen LogP contribution is -2.82. The van der Waals surface area contributed by atoms with Gasteiger partial charge in [0.15, 0.2) is 17.5 Å². The van der Waals surface area contributed by atoms with Gasteiger partial charge in [0.25, 0.3) is 5.91 Å². The number of Topliss-reactive ketones (excluding diaryl/α,β-unsaturated/α-hetero) is 1. The molecular weight excluding hydrogens is 956 g/mol. The molecule has 0 radical (unpaired) electrons. The van der Waals surface area contributed by atoms with Gasteiger partial charge >= 0.3 is 30.0 Å². The first-order valence-corrected chi connectivity index (χ1v) is 24.5. The molecule has 3 aromatic carbocycles. The molecule has 3 aliphatic carbocycles. The molecule has 0 spiro atoms. The van der Waals surface area contributed by atoms with E-state index in [2.05, 4.69) is 23.3 Å². The standard InChI is InChI=1S/C53H61FN2O15S/c1-8-38(58)68-42(40(31-16-12-10-13-17-31)56-46(60)32-18-14-11-15-19-32)48(62)67-35-27-53(64)45(70-47(61)33-20-22-34(54)23-21-33)43-51(7,36(65-24-25-72)26-37-52(43,28-66-37)71-30(4)57)44(59)41(69-49(63)55-9-2)39(29(35)3)50(53,5)6/h10-23,35-37,40-43,45,64,72H,8-9,24-28H2,1-7H3,(H,55,63)(H,56,60)/t35-,36-,37+,40-,41+,42+,43?,45-,51+,52-,53+/m0/s1. The quantitative estimate of drug-likeness (QED) is 0.0561. The molecule has 2 bridgehead atoms. The van der Waals surface area contributed by atoms with Crippen molar-refractivity contribution < 1.29 is 76.2 Å². The molecule has 72 heavy (non-hydrogen) atoms. The molecule has 1 unspecified atom stereocenters. The van der Waals surface area contributed by atoms with Crippen molar-refractivity contribution >= 4 is 54.3 Å². The first-order chi connectivity index (χ1) is 34.2. The number of ketones is 1. The molecule has 1 saturated heterocycles. The van der Waals surface area contributed by atoms with E-state index in [1.807, 2.05) is 0 Å². The number of benzene rings is 3. The maximum atomic E-state index is 16.2. The molecule has 3 aromatic rings. The van der Waals surface area contributed by atoms with Gasteiger partial charge in [-0.25, -0.2) is 18.8 Å². The number of aliphatic hydroxyl groups is 1. The molecule has 1 aliphatic heterocycles. The van der Waals surface area contributed by atoms with Crippen LogP contribution in [0.15, 0.2) is 96.1 Å². The second kappa shape index (κ2) is 21.5. The zero-order valence-electron chi connectivity index (χ0n) is 41.1. The first kappa shape index (κ1) is 53.6. The minimum Gasteiger partial charge on any atom is -0.455 e. The van der Waals surface area contributed by atoms with E-state index in [-0.39, 0.29) is 60.6 Å². The third-order valence-corrected chi connectivity index (χ3v) is 14.9. The van der Waals surface area contributed by atoms with E-state index in [1.54, 1.807) is 81.4 Å². The molecule has 0 aromatic heterocycles. The molecule has 19 heteroatoms. The lowest BCUT2D eigenvalue weighted by Gasteiger charge is -2.67. The molecular formula is C53H61FN2O15S. The second-order valence-electron chi connectivity index (χ2n) is 19.2. The lowest BCUT2D eigenvalue weighted by molar-refractivity contribution is -0.348. The average Bonchev–Trinajstić information content (AvgIpc) is 3.34. The molecule has 4 aliphatic rings. The Morgan fingerprint density at radius 1 is 0.903 bits per heavy atom. The molecule has 17 nitrogen and oxygen atoms in total. The number of nitrogens with one attached hydrogen (secondary N) is 2. The van der Waals surface area contributed by atoms with Crippen LogP contribution < -0.4 is 10.6 Å². The number of esters is 4. The number of thiol groups is 1. The van der Waals surface area contributed by atoms with E-state index in [4.69, 9.17) is 33.2 Å². The normalized spacial score (nSPS) is 28.9. The Morgan fingerprint density at radius 2 is 1.56 bits per heavy atom. The van der Waals surface area contributed by atoms with Crippen LogP contribution in [-0.2, 0) is 52.3 Å². The summed E-state index contributed by atoms with van der Waals surface area (Å²) in [4.78, 5) is 100. The fourth-order valence-corrected chi connectivity index (χ4v) is 11.2. The van der Waals surface area contributed by atoms with Gasteiger partial charge in [-0.3, -0.25) is 19.2 Å². The van der Waals surface area contributed by atoms with Crippen LogP contribution in [0.3, 0.4) is 0 Å². The Labute approximate surface area is 422 Å². The Morgan fingerprint density at radius 3 is 2.14 bits per heavy atom. The summed E-state index contributed by atoms with van der Waals surface area (Å²) >= 11 is 4.36. The van der Waals surface area contributed by atoms with Gasteiger partial charge in [0.1, 0.15) is 35.8 Å². The number of hydrogen-bond acceptors (Lipinski definition) is 16. The summed E-state index contributed by atoms with van der Waals surface area (Å²) in [6.07, 6.45) is -11.3. The molecule has 3 N–H and O–H groups in total. The number of halogens is 1. The van der Waals surface area contributed by atoms with Gasteiger partial charge in [-0.1, -0.05) is 69.3 Å². The largest absolute Gasteiger partial charge is 0.455 e. The van der Waals surface area contributed by atoms with Crippen LogP contribution in [0.5, 0.6) is 0 Å². The van der Waals surface area contributed by atoms with Gasteiger partial charge in [0.05, 0.1) is 36.2 Å². The number of carbonyl (C=O) groups excluding carboxylic acids is 7. The number of fused-ring (bicyclic) bond motifs is 5. The highest BCUT2D eigenvalue weighted by molar-refractivity contribution is 7.80. The smallest absolute Gasteiger partial charge is 0.408 e. The molecule has 386 valence electrons. The monoisotopic (exact) mass is 1020 g/mol. The van der Waals surface area contributed by atoms with E-state index >= 15 is 9.59 Å². The highest BCUT2D eigenvalue weighted by Gasteiger charge is 2.78. The summed E-state index contributed by atoms with van der Waals surface area (Å²) < 4.78 is 58.0. The lowest BCUT2D eigenvalue weighted by atomic mass is 9.44. The number of hydrogen-bond donors (Lipinski definition) is 4. The minimum atomic E-state index is -2.49. The first-order valence-electron chi connectivity index (χ1n) is 23.9. The highest BCUT2D eigenvalue weighted by atomic mass is 32.1. The van der Waals surface area contributed by atoms with Crippen LogP contribution in [0.25, 0.3) is 0 Å². The van der Waals surface area contributed by atoms with Gasteiger partial charge in [-0.2, -0.15) is 12.6 Å². The fourth-order valence-electron chi connectivity index (χ4n) is 11.1. The van der Waals surface area contributed by atoms with Crippen molar-refractivity contribution in [2.24, 2.45) is 16.7 Å². The highest BCUT2D eigenvalue weighted by Crippen LogP contribution is 2.65. The summed E-state index contributed by atoms with van der Waals surface area (Å²) in [6, 6.07) is 19.5. The van der Waals surface area contributed by atoms with E-state index in [0.717, 1.165) is 19.1 Å². The van der Waals surface area contributed by atoms with Crippen molar-refractivity contribution in [1.82, 2.24) is 10.6 Å². The van der Waals surface area contributed by atoms with Crippen molar-refractivity contribution in [3.63, 3.8) is 0 Å². The maximum Gasteiger partial charge on any atom is 0.408 e. The van der Waals surface area contributed by atoms with E-state index in [1.165, 1.54) is 32.9 Å². The third-order valence-electron chi connectivity index (χ3n) is 14.7. The zero-order chi connectivity index (χ0) is 52.3. The molecule has 11 atom stereocenters. The number of ether oxygens (including phenoxy) is 7. The predicted molar refractivity (Wildman–Crippen MR) is 258 cm³/mol. The van der Waals surface area contributed by atoms with Crippen molar-refractivity contribution in [2.75, 3.05) is 25.5 Å². The Balaban J connectivity index is 1.46. The van der Waals surface area contributed by atoms with Crippen molar-refractivity contribution in [3.05, 3.63) is 119 Å². The van der Waals surface area contributed by atoms with Crippen LogP contribution in [0.1, 0.15) is 100 Å². The van der Waals surface area contributed by atoms with Crippen LogP contribution in [0.4, 0.5) is 9.18 Å². The SMILES string of the molecule is CCNC(=O)O[C@H]1C(=O)[C@@]2(C)C([C@H](OC(=O)c3ccc(F)cc3)[C@]3(O)C[C@H](OC(=O)[C@H](OC(=O)CC)[C@@H](NC(=O)c4ccccc4)c4ccccc4)C(C)=C1C3(C)C)[C@]1(OC(C)=O)CO[C@@H]1C[C@@H]2OCCS. The Kier molecular flexibility index (Phi) is 16.0. The molecule has 7 rings (SSSR count). The van der Waals surface area contributed by atoms with E-state index in [0.29, 0.717) is 5.56 Å². The second-order valence-corrected chi connectivity index (χ2v) is 19.7. The van der Waals surface area contributed by atoms with Gasteiger partial charge < -0.3 is 48.9 Å². The average molecular weight is 1020 g/mol. The number of amides is 2. The van der Waals surface area contributed by atoms with Gasteiger partial charge in [0, 0.05) is 49.5 Å². The van der Waals surface area contributed by atoms with Crippen LogP contribution in [0.2, 0.25) is 0 Å². The predicted octanol–water partition coefficient (Wildman–Crippen LogP) is 5.97. The Bertz CT molecular complexity index is 2580. The number of carbonyl (C=O) groups is 7. The topological polar surface area (TPSA) is 228 Å². The van der Waals surface area contributed by atoms with E-state index in [9.17, 15) is 33.5 Å². The van der Waals surface area contributed by atoms with Crippen molar-refractivity contribution in [3.8, 4) is 0 Å². The maximum absolute atomic E-state index is 16.2. The van der Waals surface area contributed by atoms with Crippen LogP contribution >= 0.6 is 12.6 Å². The van der Waals surface area contributed by atoms with Gasteiger partial charge in [-0.15, -0.1) is 0 Å². The summed E-state index contributed by atoms with van der Waals surface area (Å²) in [5.41, 5.74) is -7.52. The summed E-state index contributed by atoms with van der Waals surface area (Å²) in [7, 11) is 0. The van der Waals surface area contributed by atoms with Gasteiger partial charge in [0.2, 0.25) is 6.10 Å².